The molecule has 3 saturated heterocycles. The van der Waals surface area contributed by atoms with Gasteiger partial charge in [0.2, 0.25) is 17.7 Å². The molecule has 3 amide bonds. The van der Waals surface area contributed by atoms with Gasteiger partial charge in [-0.15, -0.1) is 13.2 Å². The van der Waals surface area contributed by atoms with E-state index in [0.717, 1.165) is 6.42 Å². The zero-order chi connectivity index (χ0) is 29.3. The lowest BCUT2D eigenvalue weighted by atomic mass is 9.64. The van der Waals surface area contributed by atoms with Gasteiger partial charge in [0.25, 0.3) is 0 Å². The number of ether oxygens (including phenoxy) is 1. The summed E-state index contributed by atoms with van der Waals surface area (Å²) in [6.45, 7) is 22.7. The van der Waals surface area contributed by atoms with Crippen molar-refractivity contribution >= 4 is 17.7 Å². The van der Waals surface area contributed by atoms with Gasteiger partial charge in [0, 0.05) is 25.2 Å². The van der Waals surface area contributed by atoms with Crippen LogP contribution in [0.25, 0.3) is 0 Å². The highest BCUT2D eigenvalue weighted by molar-refractivity contribution is 5.99. The fourth-order valence-corrected chi connectivity index (χ4v) is 7.41. The van der Waals surface area contributed by atoms with E-state index in [4.69, 9.17) is 4.74 Å². The first-order valence-corrected chi connectivity index (χ1v) is 14.7. The molecule has 8 nitrogen and oxygen atoms in total. The van der Waals surface area contributed by atoms with Gasteiger partial charge in [-0.05, 0) is 58.8 Å². The van der Waals surface area contributed by atoms with Crippen LogP contribution in [0.3, 0.4) is 0 Å². The van der Waals surface area contributed by atoms with Crippen LogP contribution in [0.2, 0.25) is 0 Å². The molecule has 8 heteroatoms. The van der Waals surface area contributed by atoms with Crippen LogP contribution in [0.1, 0.15) is 80.6 Å². The third-order valence-corrected chi connectivity index (χ3v) is 9.01. The molecule has 0 aliphatic carbocycles. The van der Waals surface area contributed by atoms with E-state index in [1.54, 1.807) is 26.9 Å². The maximum Gasteiger partial charge on any atom is 0.249 e. The fourth-order valence-electron chi connectivity index (χ4n) is 7.41. The molecule has 3 fully saturated rings. The molecule has 1 N–H and O–H groups in total. The molecule has 3 rings (SSSR count). The first-order chi connectivity index (χ1) is 18.3. The van der Waals surface area contributed by atoms with Crippen LogP contribution < -0.4 is 0 Å². The summed E-state index contributed by atoms with van der Waals surface area (Å²) in [7, 11) is 0. The van der Waals surface area contributed by atoms with Crippen molar-refractivity contribution in [3.8, 4) is 0 Å². The molecule has 0 aromatic rings. The van der Waals surface area contributed by atoms with Gasteiger partial charge in [0.15, 0.2) is 0 Å². The van der Waals surface area contributed by atoms with E-state index in [-0.39, 0.29) is 30.2 Å². The Hall–Kier alpha value is -2.19. The average Bonchev–Trinajstić information content (AvgIpc) is 3.47. The fraction of sp³-hybridized carbons (Fsp3) is 0.774. The zero-order valence-electron chi connectivity index (χ0n) is 25.2. The molecule has 3 aliphatic rings. The molecule has 6 atom stereocenters. The van der Waals surface area contributed by atoms with Crippen LogP contribution in [0.4, 0.5) is 0 Å². The molecule has 3 heterocycles. The van der Waals surface area contributed by atoms with Crippen molar-refractivity contribution in [3.05, 3.63) is 25.3 Å². The van der Waals surface area contributed by atoms with Gasteiger partial charge in [-0.3, -0.25) is 14.4 Å². The number of carbonyl (C=O) groups excluding carboxylic acids is 3. The van der Waals surface area contributed by atoms with Gasteiger partial charge in [-0.1, -0.05) is 39.8 Å². The van der Waals surface area contributed by atoms with Crippen molar-refractivity contribution in [2.45, 2.75) is 109 Å². The highest BCUT2D eigenvalue weighted by atomic mass is 16.5. The summed E-state index contributed by atoms with van der Waals surface area (Å²) >= 11 is 0. The predicted octanol–water partition coefficient (Wildman–Crippen LogP) is 3.79. The van der Waals surface area contributed by atoms with Crippen molar-refractivity contribution in [1.29, 1.82) is 0 Å². The molecule has 2 unspecified atom stereocenters. The molecule has 0 aromatic heterocycles. The lowest BCUT2D eigenvalue weighted by molar-refractivity contribution is -0.160. The molecule has 3 aliphatic heterocycles. The lowest BCUT2D eigenvalue weighted by Gasteiger charge is -2.43. The third kappa shape index (κ3) is 5.19. The molecule has 39 heavy (non-hydrogen) atoms. The van der Waals surface area contributed by atoms with E-state index in [1.165, 1.54) is 0 Å². The number of hydrogen-bond donors (Lipinski definition) is 1. The summed E-state index contributed by atoms with van der Waals surface area (Å²) in [6, 6.07) is -1.47. The first kappa shape index (κ1) is 31.3. The highest BCUT2D eigenvalue weighted by Crippen LogP contribution is 2.65. The Morgan fingerprint density at radius 3 is 2.28 bits per heavy atom. The molecule has 0 saturated carbocycles. The minimum Gasteiger partial charge on any atom is -0.394 e. The minimum atomic E-state index is -1.12. The number of carbonyl (C=O) groups is 3. The summed E-state index contributed by atoms with van der Waals surface area (Å²) in [6.07, 6.45) is 6.45. The topological polar surface area (TPSA) is 90.4 Å². The van der Waals surface area contributed by atoms with Crippen molar-refractivity contribution in [2.75, 3.05) is 26.2 Å². The van der Waals surface area contributed by atoms with Crippen LogP contribution in [-0.2, 0) is 19.1 Å². The van der Waals surface area contributed by atoms with Crippen LogP contribution in [0, 0.1) is 17.8 Å². The van der Waals surface area contributed by atoms with Crippen LogP contribution in [0.5, 0.6) is 0 Å². The Balaban J connectivity index is 2.22. The van der Waals surface area contributed by atoms with Gasteiger partial charge >= 0.3 is 0 Å². The Labute approximate surface area is 235 Å². The minimum absolute atomic E-state index is 0.102. The monoisotopic (exact) mass is 545 g/mol. The maximum atomic E-state index is 14.6. The van der Waals surface area contributed by atoms with Gasteiger partial charge < -0.3 is 24.5 Å². The Morgan fingerprint density at radius 1 is 1.15 bits per heavy atom. The normalized spacial score (nSPS) is 30.4. The van der Waals surface area contributed by atoms with E-state index in [9.17, 15) is 19.5 Å². The SMILES string of the molecule is C=CCN(CCC)C(=O)[C@@H]1[C@H]2C(=O)N([C@@H](CO)CC(C)C)C(C(=O)N(CC=C)C(C)(C)C)C23CC[C@@]1(CC)O3. The Morgan fingerprint density at radius 2 is 1.79 bits per heavy atom. The number of nitrogens with zero attached hydrogens (tertiary/aromatic N) is 3. The van der Waals surface area contributed by atoms with Gasteiger partial charge in [-0.25, -0.2) is 0 Å². The first-order valence-electron chi connectivity index (χ1n) is 14.7. The summed E-state index contributed by atoms with van der Waals surface area (Å²) in [5, 5.41) is 10.5. The van der Waals surface area contributed by atoms with E-state index >= 15 is 0 Å². The molecule has 1 spiro atoms. The largest absolute Gasteiger partial charge is 0.394 e. The third-order valence-electron chi connectivity index (χ3n) is 9.01. The van der Waals surface area contributed by atoms with Gasteiger partial charge in [-0.2, -0.15) is 0 Å². The quantitative estimate of drug-likeness (QED) is 0.356. The predicted molar refractivity (Wildman–Crippen MR) is 153 cm³/mol. The molecular formula is C31H51N3O5. The molecule has 2 bridgehead atoms. The van der Waals surface area contributed by atoms with Crippen molar-refractivity contribution in [3.63, 3.8) is 0 Å². The molecule has 220 valence electrons. The highest BCUT2D eigenvalue weighted by Gasteiger charge is 2.79. The van der Waals surface area contributed by atoms with E-state index in [1.807, 2.05) is 48.5 Å². The number of fused-ring (bicyclic) bond motifs is 1. The Kier molecular flexibility index (Phi) is 9.43. The zero-order valence-corrected chi connectivity index (χ0v) is 25.2. The number of rotatable bonds is 13. The number of hydrogen-bond acceptors (Lipinski definition) is 5. The summed E-state index contributed by atoms with van der Waals surface area (Å²) in [5.41, 5.74) is -2.45. The summed E-state index contributed by atoms with van der Waals surface area (Å²) < 4.78 is 6.95. The number of aliphatic hydroxyl groups is 1. The second kappa shape index (κ2) is 11.7. The summed E-state index contributed by atoms with van der Waals surface area (Å²) in [5.74, 6) is -1.82. The molecular weight excluding hydrogens is 494 g/mol. The molecule has 0 aromatic carbocycles. The second-order valence-corrected chi connectivity index (χ2v) is 13.0. The van der Waals surface area contributed by atoms with E-state index in [2.05, 4.69) is 13.2 Å². The van der Waals surface area contributed by atoms with Crippen molar-refractivity contribution in [2.24, 2.45) is 17.8 Å². The molecule has 0 radical (unpaired) electrons. The van der Waals surface area contributed by atoms with Crippen LogP contribution >= 0.6 is 0 Å². The average molecular weight is 546 g/mol. The van der Waals surface area contributed by atoms with Crippen LogP contribution in [-0.4, -0.2) is 92.6 Å². The van der Waals surface area contributed by atoms with Crippen LogP contribution in [0.15, 0.2) is 25.3 Å². The maximum absolute atomic E-state index is 14.6. The van der Waals surface area contributed by atoms with Gasteiger partial charge in [0.05, 0.1) is 30.1 Å². The second-order valence-electron chi connectivity index (χ2n) is 13.0. The smallest absolute Gasteiger partial charge is 0.249 e. The van der Waals surface area contributed by atoms with E-state index in [0.29, 0.717) is 45.3 Å². The van der Waals surface area contributed by atoms with Gasteiger partial charge in [0.1, 0.15) is 11.6 Å². The van der Waals surface area contributed by atoms with Crippen molar-refractivity contribution < 1.29 is 24.2 Å². The lowest BCUT2D eigenvalue weighted by Crippen LogP contribution is -2.61. The number of likely N-dealkylation sites (tertiary alicyclic amines) is 1. The number of aliphatic hydroxyl groups excluding tert-OH is 1. The van der Waals surface area contributed by atoms with E-state index < -0.39 is 40.7 Å². The van der Waals surface area contributed by atoms with Crippen molar-refractivity contribution in [1.82, 2.24) is 14.7 Å². The summed E-state index contributed by atoms with van der Waals surface area (Å²) in [4.78, 5) is 48.5. The Bertz CT molecular complexity index is 958. The number of amides is 3. The standard InChI is InChI=1S/C31H51N3O5/c1-10-16-32(17-11-2)26(36)23-24-27(37)34(22(20-35)19-21(5)6)25(28(38)33(18-12-3)29(7,8)9)31(24)15-14-30(23,13-4)39-31/h10,12,21-25,35H,1,3,11,13-20H2,2,4-9H3/t22-,23+,24+,25?,30-,31?/m1/s1.